The molecule has 26 heavy (non-hydrogen) atoms. The van der Waals surface area contributed by atoms with Crippen molar-refractivity contribution >= 4 is 29.3 Å². The Bertz CT molecular complexity index is 882. The van der Waals surface area contributed by atoms with Crippen molar-refractivity contribution in [2.24, 2.45) is 0 Å². The number of rotatable bonds is 7. The lowest BCUT2D eigenvalue weighted by Gasteiger charge is -2.08. The van der Waals surface area contributed by atoms with Gasteiger partial charge in [0.15, 0.2) is 11.0 Å². The first-order chi connectivity index (χ1) is 12.7. The number of nitrogens with one attached hydrogen (secondary N) is 1. The van der Waals surface area contributed by atoms with E-state index in [9.17, 15) is 4.79 Å². The van der Waals surface area contributed by atoms with E-state index in [-0.39, 0.29) is 11.7 Å². The lowest BCUT2D eigenvalue weighted by molar-refractivity contribution is -0.118. The fourth-order valence-electron chi connectivity index (χ4n) is 2.51. The van der Waals surface area contributed by atoms with Crippen molar-refractivity contribution in [2.75, 3.05) is 5.75 Å². The first-order valence-corrected chi connectivity index (χ1v) is 9.66. The third-order valence-electron chi connectivity index (χ3n) is 3.78. The number of carbonyl (C=O) groups is 1. The molecule has 1 heterocycles. The van der Waals surface area contributed by atoms with Crippen LogP contribution < -0.4 is 5.32 Å². The van der Waals surface area contributed by atoms with Gasteiger partial charge in [-0.1, -0.05) is 65.8 Å². The number of halogens is 1. The van der Waals surface area contributed by atoms with Crippen LogP contribution in [0.3, 0.4) is 0 Å². The summed E-state index contributed by atoms with van der Waals surface area (Å²) in [6.45, 7) is 3.23. The van der Waals surface area contributed by atoms with Crippen molar-refractivity contribution in [3.63, 3.8) is 0 Å². The van der Waals surface area contributed by atoms with E-state index < -0.39 is 0 Å². The summed E-state index contributed by atoms with van der Waals surface area (Å²) >= 11 is 7.34. The molecule has 0 aliphatic heterocycles. The molecule has 1 aromatic heterocycles. The molecule has 0 saturated carbocycles. The minimum atomic E-state index is -0.0538. The second-order valence-electron chi connectivity index (χ2n) is 5.61. The quantitative estimate of drug-likeness (QED) is 0.623. The van der Waals surface area contributed by atoms with Gasteiger partial charge in [-0.05, 0) is 24.6 Å². The van der Waals surface area contributed by atoms with Crippen LogP contribution in [0.25, 0.3) is 11.4 Å². The number of hydrogen-bond donors (Lipinski definition) is 1. The average molecular weight is 387 g/mol. The van der Waals surface area contributed by atoms with Gasteiger partial charge in [0, 0.05) is 23.7 Å². The van der Waals surface area contributed by atoms with Gasteiger partial charge in [0.05, 0.1) is 5.75 Å². The van der Waals surface area contributed by atoms with Gasteiger partial charge in [-0.2, -0.15) is 0 Å². The summed E-state index contributed by atoms with van der Waals surface area (Å²) in [4.78, 5) is 12.1. The minimum Gasteiger partial charge on any atom is -0.351 e. The number of amides is 1. The molecule has 0 radical (unpaired) electrons. The van der Waals surface area contributed by atoms with E-state index in [1.165, 1.54) is 11.8 Å². The number of benzene rings is 2. The van der Waals surface area contributed by atoms with Crippen LogP contribution in [0.4, 0.5) is 0 Å². The molecule has 0 unspecified atom stereocenters. The number of aromatic nitrogens is 3. The molecule has 0 atom stereocenters. The van der Waals surface area contributed by atoms with Gasteiger partial charge in [-0.25, -0.2) is 0 Å². The molecule has 7 heteroatoms. The molecule has 3 rings (SSSR count). The van der Waals surface area contributed by atoms with E-state index >= 15 is 0 Å². The number of carbonyl (C=O) groups excluding carboxylic acids is 1. The van der Waals surface area contributed by atoms with E-state index in [0.717, 1.165) is 28.7 Å². The predicted octanol–water partition coefficient (Wildman–Crippen LogP) is 4.03. The van der Waals surface area contributed by atoms with Gasteiger partial charge in [0.25, 0.3) is 0 Å². The smallest absolute Gasteiger partial charge is 0.230 e. The van der Waals surface area contributed by atoms with Gasteiger partial charge in [-0.3, -0.25) is 4.79 Å². The van der Waals surface area contributed by atoms with Crippen molar-refractivity contribution in [3.05, 3.63) is 65.2 Å². The van der Waals surface area contributed by atoms with Crippen LogP contribution in [0.1, 0.15) is 12.5 Å². The molecule has 0 fully saturated rings. The largest absolute Gasteiger partial charge is 0.351 e. The summed E-state index contributed by atoms with van der Waals surface area (Å²) in [5, 5.41) is 12.8. The van der Waals surface area contributed by atoms with E-state index in [1.54, 1.807) is 0 Å². The van der Waals surface area contributed by atoms with Crippen LogP contribution in [0.15, 0.2) is 59.8 Å². The van der Waals surface area contributed by atoms with Crippen molar-refractivity contribution < 1.29 is 4.79 Å². The van der Waals surface area contributed by atoms with Gasteiger partial charge in [-0.15, -0.1) is 10.2 Å². The van der Waals surface area contributed by atoms with Crippen LogP contribution >= 0.6 is 23.4 Å². The maximum absolute atomic E-state index is 12.1. The van der Waals surface area contributed by atoms with Crippen LogP contribution in [0.5, 0.6) is 0 Å². The Labute approximate surface area is 161 Å². The van der Waals surface area contributed by atoms with Crippen molar-refractivity contribution in [2.45, 2.75) is 25.2 Å². The molecular formula is C19H19ClN4OS. The van der Waals surface area contributed by atoms with Crippen molar-refractivity contribution in [1.29, 1.82) is 0 Å². The molecular weight excluding hydrogens is 368 g/mol. The Balaban J connectivity index is 1.59. The fourth-order valence-corrected chi connectivity index (χ4v) is 3.56. The third-order valence-corrected chi connectivity index (χ3v) is 4.98. The maximum Gasteiger partial charge on any atom is 0.230 e. The van der Waals surface area contributed by atoms with E-state index in [0.29, 0.717) is 11.6 Å². The molecule has 1 amide bonds. The van der Waals surface area contributed by atoms with Gasteiger partial charge < -0.3 is 9.88 Å². The topological polar surface area (TPSA) is 59.8 Å². The van der Waals surface area contributed by atoms with Crippen molar-refractivity contribution in [3.8, 4) is 11.4 Å². The zero-order valence-corrected chi connectivity index (χ0v) is 15.9. The SMILES string of the molecule is CCn1c(SCC(=O)NCc2cccc(Cl)c2)nnc1-c1ccccc1. The molecule has 0 spiro atoms. The Morgan fingerprint density at radius 1 is 1.15 bits per heavy atom. The zero-order chi connectivity index (χ0) is 18.4. The lowest BCUT2D eigenvalue weighted by atomic mass is 10.2. The van der Waals surface area contributed by atoms with E-state index in [2.05, 4.69) is 15.5 Å². The maximum atomic E-state index is 12.1. The van der Waals surface area contributed by atoms with Gasteiger partial charge in [0.2, 0.25) is 5.91 Å². The Morgan fingerprint density at radius 3 is 2.69 bits per heavy atom. The molecule has 134 valence electrons. The molecule has 0 aliphatic rings. The highest BCUT2D eigenvalue weighted by Crippen LogP contribution is 2.23. The van der Waals surface area contributed by atoms with Crippen LogP contribution in [0, 0.1) is 0 Å². The summed E-state index contributed by atoms with van der Waals surface area (Å²) in [5.41, 5.74) is 1.98. The first-order valence-electron chi connectivity index (χ1n) is 8.30. The third kappa shape index (κ3) is 4.65. The van der Waals surface area contributed by atoms with Crippen molar-refractivity contribution in [1.82, 2.24) is 20.1 Å². The van der Waals surface area contributed by atoms with E-state index in [1.807, 2.05) is 66.1 Å². The highest BCUT2D eigenvalue weighted by Gasteiger charge is 2.14. The highest BCUT2D eigenvalue weighted by atomic mass is 35.5. The predicted molar refractivity (Wildman–Crippen MR) is 105 cm³/mol. The van der Waals surface area contributed by atoms with E-state index in [4.69, 9.17) is 11.6 Å². The number of thioether (sulfide) groups is 1. The van der Waals surface area contributed by atoms with Crippen LogP contribution in [0.2, 0.25) is 5.02 Å². The normalized spacial score (nSPS) is 10.7. The average Bonchev–Trinajstić information content (AvgIpc) is 3.08. The Morgan fingerprint density at radius 2 is 1.96 bits per heavy atom. The highest BCUT2D eigenvalue weighted by molar-refractivity contribution is 7.99. The number of hydrogen-bond acceptors (Lipinski definition) is 4. The summed E-state index contributed by atoms with van der Waals surface area (Å²) in [7, 11) is 0. The van der Waals surface area contributed by atoms with Crippen LogP contribution in [-0.2, 0) is 17.9 Å². The van der Waals surface area contributed by atoms with Gasteiger partial charge >= 0.3 is 0 Å². The molecule has 0 aliphatic carbocycles. The standard InChI is InChI=1S/C19H19ClN4OS/c1-2-24-18(15-8-4-3-5-9-15)22-23-19(24)26-13-17(25)21-12-14-7-6-10-16(20)11-14/h3-11H,2,12-13H2,1H3,(H,21,25). The summed E-state index contributed by atoms with van der Waals surface area (Å²) in [5.74, 6) is 1.05. The molecule has 3 aromatic rings. The molecule has 0 bridgehead atoms. The van der Waals surface area contributed by atoms with Gasteiger partial charge in [0.1, 0.15) is 0 Å². The minimum absolute atomic E-state index is 0.0538. The number of nitrogens with zero attached hydrogens (tertiary/aromatic N) is 3. The first kappa shape index (κ1) is 18.5. The summed E-state index contributed by atoms with van der Waals surface area (Å²) in [6, 6.07) is 17.4. The Hall–Kier alpha value is -2.31. The van der Waals surface area contributed by atoms with Crippen LogP contribution in [-0.4, -0.2) is 26.4 Å². The second-order valence-corrected chi connectivity index (χ2v) is 6.99. The lowest BCUT2D eigenvalue weighted by Crippen LogP contribution is -2.24. The Kier molecular flexibility index (Phi) is 6.30. The second kappa shape index (κ2) is 8.87. The zero-order valence-electron chi connectivity index (χ0n) is 14.4. The molecule has 0 saturated heterocycles. The molecule has 1 N–H and O–H groups in total. The molecule has 2 aromatic carbocycles. The summed E-state index contributed by atoms with van der Waals surface area (Å²) in [6.07, 6.45) is 0. The fraction of sp³-hybridized carbons (Fsp3) is 0.211. The monoisotopic (exact) mass is 386 g/mol. The molecule has 5 nitrogen and oxygen atoms in total. The summed E-state index contributed by atoms with van der Waals surface area (Å²) < 4.78 is 2.02.